The predicted octanol–water partition coefficient (Wildman–Crippen LogP) is 5.94. The summed E-state index contributed by atoms with van der Waals surface area (Å²) in [5.74, 6) is -0.0945. The van der Waals surface area contributed by atoms with Crippen LogP contribution in [0.3, 0.4) is 0 Å². The molecule has 2 amide bonds. The first-order chi connectivity index (χ1) is 15.8. The summed E-state index contributed by atoms with van der Waals surface area (Å²) >= 11 is 6.07. The summed E-state index contributed by atoms with van der Waals surface area (Å²) in [5.41, 5.74) is 4.26. The molecule has 0 bridgehead atoms. The van der Waals surface area contributed by atoms with Crippen LogP contribution >= 0.6 is 11.6 Å². The molecule has 0 N–H and O–H groups in total. The van der Waals surface area contributed by atoms with Gasteiger partial charge in [0.25, 0.3) is 5.91 Å². The van der Waals surface area contributed by atoms with Crippen LogP contribution in [-0.2, 0) is 4.79 Å². The van der Waals surface area contributed by atoms with E-state index in [-0.39, 0.29) is 23.9 Å². The summed E-state index contributed by atoms with van der Waals surface area (Å²) in [6.45, 7) is 3.61. The van der Waals surface area contributed by atoms with Crippen molar-refractivity contribution < 1.29 is 9.59 Å². The average molecular weight is 462 g/mol. The first-order valence-electron chi connectivity index (χ1n) is 11.0. The lowest BCUT2D eigenvalue weighted by Gasteiger charge is -2.43. The number of benzene rings is 3. The molecule has 4 rings (SSSR count). The molecule has 0 unspecified atom stereocenters. The Morgan fingerprint density at radius 3 is 2.12 bits per heavy atom. The van der Waals surface area contributed by atoms with Crippen LogP contribution in [0, 0.1) is 0 Å². The van der Waals surface area contributed by atoms with Gasteiger partial charge in [0.1, 0.15) is 0 Å². The highest BCUT2D eigenvalue weighted by Crippen LogP contribution is 2.42. The van der Waals surface area contributed by atoms with Crippen molar-refractivity contribution in [3.05, 3.63) is 88.9 Å². The largest absolute Gasteiger partial charge is 0.378 e. The average Bonchev–Trinajstić information content (AvgIpc) is 2.80. The molecule has 0 saturated carbocycles. The molecule has 1 aliphatic heterocycles. The zero-order valence-electron chi connectivity index (χ0n) is 19.3. The van der Waals surface area contributed by atoms with Gasteiger partial charge in [0, 0.05) is 54.7 Å². The highest BCUT2D eigenvalue weighted by atomic mass is 35.5. The molecule has 0 fully saturated rings. The van der Waals surface area contributed by atoms with Crippen molar-refractivity contribution in [2.75, 3.05) is 28.8 Å². The Labute approximate surface area is 200 Å². The van der Waals surface area contributed by atoms with Crippen LogP contribution in [0.1, 0.15) is 42.2 Å². The number of carbonyl (C=O) groups excluding carboxylic acids is 2. The van der Waals surface area contributed by atoms with Crippen molar-refractivity contribution in [2.24, 2.45) is 0 Å². The lowest BCUT2D eigenvalue weighted by Crippen LogP contribution is -2.47. The Balaban J connectivity index is 1.73. The van der Waals surface area contributed by atoms with Crippen LogP contribution < -0.4 is 14.7 Å². The van der Waals surface area contributed by atoms with E-state index in [1.807, 2.05) is 91.5 Å². The normalized spacial score (nSPS) is 17.3. The van der Waals surface area contributed by atoms with E-state index in [2.05, 4.69) is 0 Å². The van der Waals surface area contributed by atoms with Gasteiger partial charge in [-0.3, -0.25) is 9.59 Å². The Hall–Kier alpha value is -3.31. The number of amides is 2. The van der Waals surface area contributed by atoms with E-state index in [1.165, 1.54) is 0 Å². The van der Waals surface area contributed by atoms with Gasteiger partial charge in [-0.05, 0) is 73.5 Å². The molecule has 0 radical (unpaired) electrons. The lowest BCUT2D eigenvalue weighted by atomic mass is 9.89. The topological polar surface area (TPSA) is 43.9 Å². The van der Waals surface area contributed by atoms with Crippen molar-refractivity contribution in [3.63, 3.8) is 0 Å². The minimum atomic E-state index is -0.185. The maximum absolute atomic E-state index is 13.6. The van der Waals surface area contributed by atoms with E-state index < -0.39 is 0 Å². The van der Waals surface area contributed by atoms with Crippen molar-refractivity contribution in [1.82, 2.24) is 0 Å². The predicted molar refractivity (Wildman–Crippen MR) is 135 cm³/mol. The summed E-state index contributed by atoms with van der Waals surface area (Å²) in [6.07, 6.45) is 0.626. The van der Waals surface area contributed by atoms with Gasteiger partial charge in [0.2, 0.25) is 5.91 Å². The molecule has 3 aromatic carbocycles. The molecule has 6 heteroatoms. The van der Waals surface area contributed by atoms with E-state index in [0.29, 0.717) is 17.0 Å². The van der Waals surface area contributed by atoms with Gasteiger partial charge in [-0.15, -0.1) is 0 Å². The van der Waals surface area contributed by atoms with Crippen LogP contribution in [0.2, 0.25) is 5.02 Å². The number of halogens is 1. The monoisotopic (exact) mass is 461 g/mol. The van der Waals surface area contributed by atoms with Crippen LogP contribution in [0.25, 0.3) is 0 Å². The number of para-hydroxylation sites is 1. The quantitative estimate of drug-likeness (QED) is 0.483. The standard InChI is InChI=1S/C27H28ClN3O2/c1-18-17-26(31(19(2)32)23-15-11-21(28)12-16-23)24-7-5-6-8-25(24)30(18)27(33)20-9-13-22(14-10-20)29(3)4/h5-16,18,26H,17H2,1-4H3/t18-,26+/m1/s1. The fourth-order valence-electron chi connectivity index (χ4n) is 4.56. The SMILES string of the molecule is CC(=O)N(c1ccc(Cl)cc1)[C@H]1C[C@@H](C)N(C(=O)c2ccc(N(C)C)cc2)c2ccccc21. The molecule has 1 heterocycles. The molecule has 1 aliphatic rings. The first-order valence-corrected chi connectivity index (χ1v) is 11.4. The lowest BCUT2D eigenvalue weighted by molar-refractivity contribution is -0.117. The molecular formula is C27H28ClN3O2. The first kappa shape index (κ1) is 22.9. The summed E-state index contributed by atoms with van der Waals surface area (Å²) in [6, 6.07) is 22.5. The fourth-order valence-corrected chi connectivity index (χ4v) is 4.69. The highest BCUT2D eigenvalue weighted by molar-refractivity contribution is 6.30. The van der Waals surface area contributed by atoms with Gasteiger partial charge in [-0.2, -0.15) is 0 Å². The second-order valence-corrected chi connectivity index (χ2v) is 9.08. The van der Waals surface area contributed by atoms with E-state index in [0.717, 1.165) is 22.6 Å². The van der Waals surface area contributed by atoms with Crippen LogP contribution in [0.15, 0.2) is 72.8 Å². The Morgan fingerprint density at radius 2 is 1.52 bits per heavy atom. The van der Waals surface area contributed by atoms with Crippen LogP contribution in [0.4, 0.5) is 17.1 Å². The molecule has 2 atom stereocenters. The maximum atomic E-state index is 13.6. The third kappa shape index (κ3) is 4.46. The van der Waals surface area contributed by atoms with Crippen molar-refractivity contribution >= 4 is 40.5 Å². The highest BCUT2D eigenvalue weighted by Gasteiger charge is 2.38. The van der Waals surface area contributed by atoms with Gasteiger partial charge in [-0.1, -0.05) is 29.8 Å². The van der Waals surface area contributed by atoms with Crippen molar-refractivity contribution in [2.45, 2.75) is 32.4 Å². The third-order valence-corrected chi connectivity index (χ3v) is 6.42. The minimum absolute atomic E-state index is 0.0421. The number of hydrogen-bond donors (Lipinski definition) is 0. The van der Waals surface area contributed by atoms with E-state index in [1.54, 1.807) is 24.0 Å². The van der Waals surface area contributed by atoms with Crippen molar-refractivity contribution in [1.29, 1.82) is 0 Å². The Bertz CT molecular complexity index is 1160. The minimum Gasteiger partial charge on any atom is -0.378 e. The molecule has 0 saturated heterocycles. The third-order valence-electron chi connectivity index (χ3n) is 6.17. The zero-order valence-corrected chi connectivity index (χ0v) is 20.1. The number of nitrogens with zero attached hydrogens (tertiary/aromatic N) is 3. The summed E-state index contributed by atoms with van der Waals surface area (Å²) < 4.78 is 0. The smallest absolute Gasteiger partial charge is 0.258 e. The Kier molecular flexibility index (Phi) is 6.43. The van der Waals surface area contributed by atoms with Gasteiger partial charge in [-0.25, -0.2) is 0 Å². The maximum Gasteiger partial charge on any atom is 0.258 e. The number of anilines is 3. The molecule has 0 spiro atoms. The van der Waals surface area contributed by atoms with E-state index in [9.17, 15) is 9.59 Å². The Morgan fingerprint density at radius 1 is 0.909 bits per heavy atom. The summed E-state index contributed by atoms with van der Waals surface area (Å²) in [5, 5.41) is 0.622. The summed E-state index contributed by atoms with van der Waals surface area (Å²) in [4.78, 5) is 32.0. The number of fused-ring (bicyclic) bond motifs is 1. The number of rotatable bonds is 4. The van der Waals surface area contributed by atoms with Crippen LogP contribution in [0.5, 0.6) is 0 Å². The van der Waals surface area contributed by atoms with Crippen molar-refractivity contribution in [3.8, 4) is 0 Å². The van der Waals surface area contributed by atoms with Gasteiger partial charge < -0.3 is 14.7 Å². The molecule has 0 aromatic heterocycles. The van der Waals surface area contributed by atoms with E-state index in [4.69, 9.17) is 11.6 Å². The molecule has 5 nitrogen and oxygen atoms in total. The molecule has 3 aromatic rings. The van der Waals surface area contributed by atoms with Gasteiger partial charge in [0.05, 0.1) is 6.04 Å². The molecular weight excluding hydrogens is 434 g/mol. The second-order valence-electron chi connectivity index (χ2n) is 8.64. The molecule has 170 valence electrons. The second kappa shape index (κ2) is 9.28. The summed E-state index contributed by atoms with van der Waals surface area (Å²) in [7, 11) is 3.95. The fraction of sp³-hybridized carbons (Fsp3) is 0.259. The van der Waals surface area contributed by atoms with Gasteiger partial charge in [0.15, 0.2) is 0 Å². The zero-order chi connectivity index (χ0) is 23.7. The number of hydrogen-bond acceptors (Lipinski definition) is 3. The molecule has 33 heavy (non-hydrogen) atoms. The number of carbonyl (C=O) groups is 2. The molecule has 0 aliphatic carbocycles. The van der Waals surface area contributed by atoms with E-state index >= 15 is 0 Å². The van der Waals surface area contributed by atoms with Crippen LogP contribution in [-0.4, -0.2) is 32.0 Å². The van der Waals surface area contributed by atoms with Gasteiger partial charge >= 0.3 is 0 Å².